The number of benzene rings is 1. The molecular weight excluding hydrogens is 696 g/mol. The van der Waals surface area contributed by atoms with Gasteiger partial charge < -0.3 is 40.5 Å². The van der Waals surface area contributed by atoms with Crippen LogP contribution >= 0.6 is 0 Å². The Morgan fingerprint density at radius 1 is 0.537 bits per heavy atom. The predicted molar refractivity (Wildman–Crippen MR) is 203 cm³/mol. The smallest absolute Gasteiger partial charge is 0.410 e. The third kappa shape index (κ3) is 18.1. The van der Waals surface area contributed by atoms with Crippen LogP contribution in [0.5, 0.6) is 0 Å². The average molecular weight is 759 g/mol. The summed E-state index contributed by atoms with van der Waals surface area (Å²) in [6.07, 6.45) is -0.314. The summed E-state index contributed by atoms with van der Waals surface area (Å²) in [6.45, 7) is 15.9. The van der Waals surface area contributed by atoms with Gasteiger partial charge >= 0.3 is 12.2 Å². The van der Waals surface area contributed by atoms with Crippen molar-refractivity contribution in [3.63, 3.8) is 0 Å². The zero-order valence-electron chi connectivity index (χ0n) is 33.1. The van der Waals surface area contributed by atoms with Gasteiger partial charge in [-0.1, -0.05) is 24.3 Å². The van der Waals surface area contributed by atoms with Gasteiger partial charge in [0.2, 0.25) is 23.6 Å². The van der Waals surface area contributed by atoms with Gasteiger partial charge in [-0.15, -0.1) is 0 Å². The van der Waals surface area contributed by atoms with Crippen LogP contribution < -0.4 is 21.3 Å². The molecule has 0 aliphatic carbocycles. The molecule has 1 aromatic carbocycles. The number of hydrogen-bond acceptors (Lipinski definition) is 10. The van der Waals surface area contributed by atoms with Crippen LogP contribution in [0.25, 0.3) is 0 Å². The second kappa shape index (κ2) is 21.4. The van der Waals surface area contributed by atoms with E-state index >= 15 is 0 Å². The first-order valence-electron chi connectivity index (χ1n) is 19.0. The van der Waals surface area contributed by atoms with Crippen molar-refractivity contribution in [3.8, 4) is 0 Å². The average Bonchev–Trinajstić information content (AvgIpc) is 3.06. The summed E-state index contributed by atoms with van der Waals surface area (Å²) in [5, 5.41) is 11.7. The number of hydrogen-bond donors (Lipinski definition) is 4. The van der Waals surface area contributed by atoms with Crippen molar-refractivity contribution in [2.45, 2.75) is 91.5 Å². The van der Waals surface area contributed by atoms with Crippen LogP contribution in [0.4, 0.5) is 9.59 Å². The molecule has 4 N–H and O–H groups in total. The molecule has 6 amide bonds. The maximum absolute atomic E-state index is 12.8. The minimum atomic E-state index is -0.678. The molecule has 3 rings (SSSR count). The molecule has 0 bridgehead atoms. The Bertz CT molecular complexity index is 1330. The van der Waals surface area contributed by atoms with Crippen molar-refractivity contribution in [2.24, 2.45) is 0 Å². The van der Waals surface area contributed by atoms with E-state index in [1.807, 2.05) is 18.2 Å². The van der Waals surface area contributed by atoms with Crippen LogP contribution in [-0.4, -0.2) is 145 Å². The molecule has 0 radical (unpaired) electrons. The monoisotopic (exact) mass is 758 g/mol. The molecule has 2 saturated heterocycles. The summed E-state index contributed by atoms with van der Waals surface area (Å²) in [5.74, 6) is -0.595. The van der Waals surface area contributed by atoms with Gasteiger partial charge in [0, 0.05) is 117 Å². The fourth-order valence-corrected chi connectivity index (χ4v) is 5.84. The third-order valence-electron chi connectivity index (χ3n) is 8.54. The summed E-state index contributed by atoms with van der Waals surface area (Å²) in [6, 6.07) is 8.13. The van der Waals surface area contributed by atoms with E-state index in [-0.39, 0.29) is 88.6 Å². The van der Waals surface area contributed by atoms with Crippen LogP contribution in [0.15, 0.2) is 24.3 Å². The lowest BCUT2D eigenvalue weighted by Gasteiger charge is -2.28. The van der Waals surface area contributed by atoms with E-state index in [4.69, 9.17) is 9.47 Å². The predicted octanol–water partition coefficient (Wildman–Crippen LogP) is 1.82. The highest BCUT2D eigenvalue weighted by Gasteiger charge is 2.25. The number of nitrogens with one attached hydrogen (secondary N) is 4. The highest BCUT2D eigenvalue weighted by Crippen LogP contribution is 2.14. The van der Waals surface area contributed by atoms with E-state index in [0.29, 0.717) is 52.4 Å². The Kier molecular flexibility index (Phi) is 17.5. The van der Waals surface area contributed by atoms with Gasteiger partial charge in [-0.05, 0) is 52.7 Å². The molecule has 0 spiro atoms. The quantitative estimate of drug-likeness (QED) is 0.354. The molecule has 2 fully saturated rings. The van der Waals surface area contributed by atoms with Crippen molar-refractivity contribution in [1.82, 2.24) is 40.9 Å². The van der Waals surface area contributed by atoms with Crippen molar-refractivity contribution in [3.05, 3.63) is 35.4 Å². The van der Waals surface area contributed by atoms with Gasteiger partial charge in [-0.2, -0.15) is 0 Å². The highest BCUT2D eigenvalue weighted by atomic mass is 16.6. The van der Waals surface area contributed by atoms with Gasteiger partial charge in [0.15, 0.2) is 0 Å². The van der Waals surface area contributed by atoms with Crippen LogP contribution in [-0.2, 0) is 41.7 Å². The minimum absolute atomic E-state index is 0.115. The SMILES string of the molecule is CC(C)(C)OC(=O)N1CCNC(=O)CCN(Cc2cccc(CN3CCNC(=O)CCN(C(=O)OC(C)(C)C)CCNC(=O)CC3)c2)CCNC(=O)CC1. The van der Waals surface area contributed by atoms with Crippen LogP contribution in [0.3, 0.4) is 0 Å². The Hall–Kier alpha value is -4.44. The fraction of sp³-hybridized carbons (Fsp3) is 0.684. The van der Waals surface area contributed by atoms with Crippen LogP contribution in [0.2, 0.25) is 0 Å². The minimum Gasteiger partial charge on any atom is -0.444 e. The molecule has 302 valence electrons. The van der Waals surface area contributed by atoms with E-state index < -0.39 is 23.4 Å². The van der Waals surface area contributed by atoms with Crippen molar-refractivity contribution >= 4 is 35.8 Å². The molecule has 2 heterocycles. The molecule has 1 aromatic rings. The third-order valence-corrected chi connectivity index (χ3v) is 8.54. The number of carbonyl (C=O) groups excluding carboxylic acids is 6. The number of ether oxygens (including phenoxy) is 2. The van der Waals surface area contributed by atoms with Gasteiger partial charge in [0.25, 0.3) is 0 Å². The zero-order valence-corrected chi connectivity index (χ0v) is 33.1. The zero-order chi connectivity index (χ0) is 39.7. The standard InChI is InChI=1S/C38H62N8O8/c1-37(2,3)53-35(51)45-20-12-33(49)39-14-22-43(18-10-31(47)41-16-24-45)27-29-8-7-9-30(26-29)28-44-19-11-32(48)42-17-25-46(36(52)54-38(4,5)6)21-13-34(50)40-15-23-44/h7-9,26H,10-25,27-28H2,1-6H3,(H,39,49)(H,40,50)(H,41,47)(H,42,48). The summed E-state index contributed by atoms with van der Waals surface area (Å²) in [5.41, 5.74) is 0.721. The lowest BCUT2D eigenvalue weighted by Crippen LogP contribution is -2.44. The van der Waals surface area contributed by atoms with E-state index in [2.05, 4.69) is 37.1 Å². The van der Waals surface area contributed by atoms with E-state index in [1.54, 1.807) is 41.5 Å². The summed E-state index contributed by atoms with van der Waals surface area (Å²) < 4.78 is 11.0. The lowest BCUT2D eigenvalue weighted by atomic mass is 10.1. The summed E-state index contributed by atoms with van der Waals surface area (Å²) in [7, 11) is 0. The van der Waals surface area contributed by atoms with Crippen molar-refractivity contribution in [2.75, 3.05) is 78.5 Å². The number of carbonyl (C=O) groups is 6. The van der Waals surface area contributed by atoms with Gasteiger partial charge in [-0.3, -0.25) is 29.0 Å². The lowest BCUT2D eigenvalue weighted by molar-refractivity contribution is -0.123. The van der Waals surface area contributed by atoms with Crippen LogP contribution in [0, 0.1) is 0 Å². The molecule has 54 heavy (non-hydrogen) atoms. The number of rotatable bonds is 4. The molecule has 2 aliphatic rings. The normalized spacial score (nSPS) is 19.3. The van der Waals surface area contributed by atoms with Crippen molar-refractivity contribution in [1.29, 1.82) is 0 Å². The molecule has 16 heteroatoms. The van der Waals surface area contributed by atoms with E-state index in [9.17, 15) is 28.8 Å². The Labute approximate surface area is 320 Å². The second-order valence-corrected chi connectivity index (χ2v) is 15.7. The first kappa shape index (κ1) is 44.0. The molecular formula is C38H62N8O8. The number of nitrogens with zero attached hydrogens (tertiary/aromatic N) is 4. The van der Waals surface area contributed by atoms with Crippen LogP contribution in [0.1, 0.15) is 78.4 Å². The Morgan fingerprint density at radius 3 is 1.22 bits per heavy atom. The Balaban J connectivity index is 1.59. The number of amides is 6. The summed E-state index contributed by atoms with van der Waals surface area (Å²) in [4.78, 5) is 83.4. The Morgan fingerprint density at radius 2 is 0.870 bits per heavy atom. The van der Waals surface area contributed by atoms with E-state index in [1.165, 1.54) is 9.80 Å². The topological polar surface area (TPSA) is 182 Å². The molecule has 0 saturated carbocycles. The first-order valence-corrected chi connectivity index (χ1v) is 19.0. The van der Waals surface area contributed by atoms with Crippen molar-refractivity contribution < 1.29 is 38.2 Å². The largest absolute Gasteiger partial charge is 0.444 e. The molecule has 16 nitrogen and oxygen atoms in total. The molecule has 0 unspecified atom stereocenters. The maximum Gasteiger partial charge on any atom is 0.410 e. The van der Waals surface area contributed by atoms with Gasteiger partial charge in [0.1, 0.15) is 11.2 Å². The van der Waals surface area contributed by atoms with E-state index in [0.717, 1.165) is 11.1 Å². The summed E-state index contributed by atoms with van der Waals surface area (Å²) >= 11 is 0. The maximum atomic E-state index is 12.8. The molecule has 2 aliphatic heterocycles. The van der Waals surface area contributed by atoms with Gasteiger partial charge in [0.05, 0.1) is 0 Å². The fourth-order valence-electron chi connectivity index (χ4n) is 5.84. The molecule has 0 aromatic heterocycles. The van der Waals surface area contributed by atoms with Gasteiger partial charge in [-0.25, -0.2) is 9.59 Å². The second-order valence-electron chi connectivity index (χ2n) is 15.7. The molecule has 0 atom stereocenters. The highest BCUT2D eigenvalue weighted by molar-refractivity contribution is 5.78. The first-order chi connectivity index (χ1) is 25.5.